The Bertz CT molecular complexity index is 577. The molecule has 2 nitrogen and oxygen atoms in total. The maximum absolute atomic E-state index is 13.5. The Kier molecular flexibility index (Phi) is 3.64. The fourth-order valence-corrected chi connectivity index (χ4v) is 2.88. The normalized spacial score (nSPS) is 18.5. The Balaban J connectivity index is 0.00000120. The van der Waals surface area contributed by atoms with Crippen molar-refractivity contribution in [2.45, 2.75) is 32.9 Å². The van der Waals surface area contributed by atoms with E-state index in [1.807, 2.05) is 0 Å². The third-order valence-corrected chi connectivity index (χ3v) is 3.62. The molecule has 1 aromatic heterocycles. The summed E-state index contributed by atoms with van der Waals surface area (Å²) in [6.45, 7) is 6.15. The molecule has 4 heteroatoms. The number of aryl methyl sites for hydroxylation is 1. The molecule has 1 atom stereocenters. The quantitative estimate of drug-likeness (QED) is 0.839. The maximum atomic E-state index is 13.5. The topological polar surface area (TPSA) is 17.0 Å². The molecule has 1 aliphatic heterocycles. The van der Waals surface area contributed by atoms with Crippen molar-refractivity contribution < 1.29 is 4.39 Å². The van der Waals surface area contributed by atoms with Crippen molar-refractivity contribution in [3.63, 3.8) is 0 Å². The summed E-state index contributed by atoms with van der Waals surface area (Å²) in [6, 6.07) is 5.86. The van der Waals surface area contributed by atoms with Gasteiger partial charge in [-0.2, -0.15) is 0 Å². The lowest BCUT2D eigenvalue weighted by molar-refractivity contribution is 0.439. The number of hydrogen-bond donors (Lipinski definition) is 1. The van der Waals surface area contributed by atoms with Crippen LogP contribution in [0.4, 0.5) is 4.39 Å². The van der Waals surface area contributed by atoms with Crippen LogP contribution in [0.25, 0.3) is 10.9 Å². The van der Waals surface area contributed by atoms with Gasteiger partial charge in [-0.15, -0.1) is 12.4 Å². The number of benzene rings is 1. The molecule has 0 aliphatic carbocycles. The Labute approximate surface area is 113 Å². The fraction of sp³-hybridized carbons (Fsp3) is 0.429. The molecule has 18 heavy (non-hydrogen) atoms. The van der Waals surface area contributed by atoms with E-state index < -0.39 is 0 Å². The van der Waals surface area contributed by atoms with Gasteiger partial charge in [-0.1, -0.05) is 6.92 Å². The zero-order chi connectivity index (χ0) is 12.0. The van der Waals surface area contributed by atoms with Gasteiger partial charge in [-0.05, 0) is 37.1 Å². The molecular formula is C14H18ClFN2. The van der Waals surface area contributed by atoms with E-state index in [4.69, 9.17) is 0 Å². The molecule has 1 aromatic carbocycles. The standard InChI is InChI=1S/C14H17FN2.ClH/c1-3-10-4-12(15)5-11-6-13-8-16-7-9(2)17(13)14(10)11;/h4-6,9,16H,3,7-8H2,1-2H3;1H/t9-;/m1./s1. The first-order valence-corrected chi connectivity index (χ1v) is 6.23. The fourth-order valence-electron chi connectivity index (χ4n) is 2.88. The number of nitrogens with one attached hydrogen (secondary N) is 1. The van der Waals surface area contributed by atoms with Crippen molar-refractivity contribution in [3.05, 3.63) is 35.3 Å². The molecule has 3 rings (SSSR count). The first kappa shape index (κ1) is 13.4. The van der Waals surface area contributed by atoms with Crippen LogP contribution >= 0.6 is 12.4 Å². The number of fused-ring (bicyclic) bond motifs is 3. The van der Waals surface area contributed by atoms with Gasteiger partial charge in [0.05, 0.1) is 5.52 Å². The molecule has 0 amide bonds. The van der Waals surface area contributed by atoms with Gasteiger partial charge in [-0.3, -0.25) is 0 Å². The Morgan fingerprint density at radius 2 is 2.17 bits per heavy atom. The largest absolute Gasteiger partial charge is 0.339 e. The molecule has 1 aliphatic rings. The van der Waals surface area contributed by atoms with Crippen molar-refractivity contribution in [2.75, 3.05) is 6.54 Å². The second-order valence-electron chi connectivity index (χ2n) is 4.84. The third-order valence-electron chi connectivity index (χ3n) is 3.62. The molecule has 0 fully saturated rings. The minimum absolute atomic E-state index is 0. The summed E-state index contributed by atoms with van der Waals surface area (Å²) < 4.78 is 15.9. The zero-order valence-corrected chi connectivity index (χ0v) is 11.5. The molecule has 2 aromatic rings. The average Bonchev–Trinajstić information content (AvgIpc) is 2.67. The Morgan fingerprint density at radius 3 is 2.89 bits per heavy atom. The summed E-state index contributed by atoms with van der Waals surface area (Å²) in [7, 11) is 0. The molecule has 98 valence electrons. The van der Waals surface area contributed by atoms with Crippen LogP contribution in [-0.4, -0.2) is 11.1 Å². The minimum Gasteiger partial charge on any atom is -0.339 e. The van der Waals surface area contributed by atoms with Crippen molar-refractivity contribution in [1.29, 1.82) is 0 Å². The molecule has 0 bridgehead atoms. The molecular weight excluding hydrogens is 251 g/mol. The van der Waals surface area contributed by atoms with Gasteiger partial charge in [0.15, 0.2) is 0 Å². The van der Waals surface area contributed by atoms with E-state index in [1.165, 1.54) is 11.2 Å². The summed E-state index contributed by atoms with van der Waals surface area (Å²) >= 11 is 0. The van der Waals surface area contributed by atoms with Crippen LogP contribution in [0.5, 0.6) is 0 Å². The first-order valence-electron chi connectivity index (χ1n) is 6.23. The summed E-state index contributed by atoms with van der Waals surface area (Å²) in [5.74, 6) is -0.127. The van der Waals surface area contributed by atoms with Crippen molar-refractivity contribution in [2.24, 2.45) is 0 Å². The average molecular weight is 269 g/mol. The lowest BCUT2D eigenvalue weighted by Gasteiger charge is -2.25. The SMILES string of the molecule is CCc1cc(F)cc2cc3n(c12)[C@H](C)CNC3.Cl. The first-order chi connectivity index (χ1) is 8.20. The van der Waals surface area contributed by atoms with Gasteiger partial charge < -0.3 is 9.88 Å². The van der Waals surface area contributed by atoms with Crippen molar-refractivity contribution in [3.8, 4) is 0 Å². The zero-order valence-electron chi connectivity index (χ0n) is 10.7. The Hall–Kier alpha value is -1.06. The lowest BCUT2D eigenvalue weighted by atomic mass is 10.1. The summed E-state index contributed by atoms with van der Waals surface area (Å²) in [5, 5.41) is 4.42. The van der Waals surface area contributed by atoms with Crippen LogP contribution in [0.3, 0.4) is 0 Å². The molecule has 0 saturated heterocycles. The van der Waals surface area contributed by atoms with Crippen molar-refractivity contribution >= 4 is 23.3 Å². The highest BCUT2D eigenvalue weighted by Gasteiger charge is 2.20. The lowest BCUT2D eigenvalue weighted by Crippen LogP contribution is -2.31. The molecule has 0 saturated carbocycles. The Morgan fingerprint density at radius 1 is 1.39 bits per heavy atom. The van der Waals surface area contributed by atoms with E-state index in [0.29, 0.717) is 6.04 Å². The van der Waals surface area contributed by atoms with Gasteiger partial charge in [0, 0.05) is 30.2 Å². The van der Waals surface area contributed by atoms with E-state index in [2.05, 4.69) is 29.8 Å². The van der Waals surface area contributed by atoms with Crippen LogP contribution < -0.4 is 5.32 Å². The summed E-state index contributed by atoms with van der Waals surface area (Å²) in [6.07, 6.45) is 0.873. The van der Waals surface area contributed by atoms with Gasteiger partial charge >= 0.3 is 0 Å². The second kappa shape index (κ2) is 4.90. The van der Waals surface area contributed by atoms with Crippen LogP contribution in [0.1, 0.15) is 31.1 Å². The van der Waals surface area contributed by atoms with Crippen LogP contribution in [0.15, 0.2) is 18.2 Å². The smallest absolute Gasteiger partial charge is 0.124 e. The van der Waals surface area contributed by atoms with E-state index in [0.717, 1.165) is 30.5 Å². The molecule has 0 spiro atoms. The van der Waals surface area contributed by atoms with Gasteiger partial charge in [0.2, 0.25) is 0 Å². The van der Waals surface area contributed by atoms with Gasteiger partial charge in [-0.25, -0.2) is 4.39 Å². The monoisotopic (exact) mass is 268 g/mol. The highest BCUT2D eigenvalue weighted by atomic mass is 35.5. The van der Waals surface area contributed by atoms with Crippen LogP contribution in [0, 0.1) is 5.82 Å². The summed E-state index contributed by atoms with van der Waals surface area (Å²) in [4.78, 5) is 0. The predicted molar refractivity (Wildman–Crippen MR) is 74.9 cm³/mol. The van der Waals surface area contributed by atoms with E-state index >= 15 is 0 Å². The van der Waals surface area contributed by atoms with E-state index in [-0.39, 0.29) is 18.2 Å². The predicted octanol–water partition coefficient (Wildman–Crippen LogP) is 3.43. The maximum Gasteiger partial charge on any atom is 0.124 e. The van der Waals surface area contributed by atoms with Gasteiger partial charge in [0.1, 0.15) is 5.82 Å². The number of nitrogens with zero attached hydrogens (tertiary/aromatic N) is 1. The minimum atomic E-state index is -0.127. The molecule has 0 unspecified atom stereocenters. The number of hydrogen-bond acceptors (Lipinski definition) is 1. The second-order valence-corrected chi connectivity index (χ2v) is 4.84. The number of rotatable bonds is 1. The number of halogens is 2. The van der Waals surface area contributed by atoms with E-state index in [1.54, 1.807) is 12.1 Å². The van der Waals surface area contributed by atoms with Crippen LogP contribution in [-0.2, 0) is 13.0 Å². The summed E-state index contributed by atoms with van der Waals surface area (Å²) in [5.41, 5.74) is 3.59. The highest BCUT2D eigenvalue weighted by molar-refractivity contribution is 5.85. The number of aromatic nitrogens is 1. The molecule has 2 heterocycles. The van der Waals surface area contributed by atoms with E-state index in [9.17, 15) is 4.39 Å². The van der Waals surface area contributed by atoms with Gasteiger partial charge in [0.25, 0.3) is 0 Å². The highest BCUT2D eigenvalue weighted by Crippen LogP contribution is 2.30. The van der Waals surface area contributed by atoms with Crippen LogP contribution in [0.2, 0.25) is 0 Å². The molecule has 1 N–H and O–H groups in total. The third kappa shape index (κ3) is 1.91. The van der Waals surface area contributed by atoms with Crippen molar-refractivity contribution in [1.82, 2.24) is 9.88 Å². The molecule has 0 radical (unpaired) electrons.